The molecule has 4 nitrogen and oxygen atoms in total. The summed E-state index contributed by atoms with van der Waals surface area (Å²) in [6.45, 7) is 5.10. The fraction of sp³-hybridized carbons (Fsp3) is 0.476. The van der Waals surface area contributed by atoms with Crippen molar-refractivity contribution in [3.05, 3.63) is 58.3 Å². The van der Waals surface area contributed by atoms with Crippen molar-refractivity contribution >= 4 is 17.2 Å². The highest BCUT2D eigenvalue weighted by Crippen LogP contribution is 2.30. The summed E-state index contributed by atoms with van der Waals surface area (Å²) in [7, 11) is 0. The van der Waals surface area contributed by atoms with E-state index in [1.807, 2.05) is 35.2 Å². The van der Waals surface area contributed by atoms with Gasteiger partial charge in [-0.3, -0.25) is 9.69 Å². The molecule has 0 radical (unpaired) electrons. The molecule has 1 unspecified atom stereocenters. The van der Waals surface area contributed by atoms with Crippen LogP contribution in [-0.4, -0.2) is 54.6 Å². The van der Waals surface area contributed by atoms with Gasteiger partial charge in [-0.05, 0) is 53.3 Å². The summed E-state index contributed by atoms with van der Waals surface area (Å²) in [5, 5.41) is 4.34. The Balaban J connectivity index is 1.39. The van der Waals surface area contributed by atoms with E-state index in [0.29, 0.717) is 12.5 Å². The van der Waals surface area contributed by atoms with E-state index < -0.39 is 0 Å². The molecule has 2 fully saturated rings. The average Bonchev–Trinajstić information content (AvgIpc) is 3.35. The maximum Gasteiger partial charge on any atom is 0.253 e. The molecule has 26 heavy (non-hydrogen) atoms. The van der Waals surface area contributed by atoms with Crippen LogP contribution in [0.2, 0.25) is 0 Å². The van der Waals surface area contributed by atoms with Gasteiger partial charge in [0.2, 0.25) is 0 Å². The second-order valence-corrected chi connectivity index (χ2v) is 8.16. The highest BCUT2D eigenvalue weighted by molar-refractivity contribution is 7.07. The Morgan fingerprint density at radius 1 is 1.19 bits per heavy atom. The Labute approximate surface area is 159 Å². The molecule has 1 aliphatic carbocycles. The van der Waals surface area contributed by atoms with Crippen molar-refractivity contribution in [2.24, 2.45) is 5.92 Å². The molecule has 4 rings (SSSR count). The van der Waals surface area contributed by atoms with Gasteiger partial charge < -0.3 is 9.64 Å². The van der Waals surface area contributed by atoms with Crippen LogP contribution < -0.4 is 0 Å². The van der Waals surface area contributed by atoms with E-state index in [0.717, 1.165) is 38.3 Å². The fourth-order valence-corrected chi connectivity index (χ4v) is 4.20. The van der Waals surface area contributed by atoms with E-state index in [4.69, 9.17) is 4.74 Å². The summed E-state index contributed by atoms with van der Waals surface area (Å²) in [6.07, 6.45) is 2.58. The predicted molar refractivity (Wildman–Crippen MR) is 104 cm³/mol. The lowest BCUT2D eigenvalue weighted by molar-refractivity contribution is -0.0433. The normalized spacial score (nSPS) is 20.8. The van der Waals surface area contributed by atoms with Crippen LogP contribution in [0, 0.1) is 5.92 Å². The highest BCUT2D eigenvalue weighted by atomic mass is 32.1. The van der Waals surface area contributed by atoms with Gasteiger partial charge in [0, 0.05) is 38.3 Å². The third-order valence-corrected chi connectivity index (χ3v) is 5.85. The van der Waals surface area contributed by atoms with Crippen LogP contribution in [0.4, 0.5) is 0 Å². The quantitative estimate of drug-likeness (QED) is 0.748. The zero-order valence-electron chi connectivity index (χ0n) is 15.0. The van der Waals surface area contributed by atoms with Crippen molar-refractivity contribution in [3.8, 4) is 0 Å². The average molecular weight is 371 g/mol. The molecular formula is C21H26N2O2S. The van der Waals surface area contributed by atoms with Crippen LogP contribution in [0.5, 0.6) is 0 Å². The van der Waals surface area contributed by atoms with E-state index in [2.05, 4.69) is 21.7 Å². The number of amides is 1. The molecule has 0 bridgehead atoms. The van der Waals surface area contributed by atoms with Crippen LogP contribution in [-0.2, 0) is 11.3 Å². The second-order valence-electron chi connectivity index (χ2n) is 7.38. The number of hydrogen-bond donors (Lipinski definition) is 0. The smallest absolute Gasteiger partial charge is 0.253 e. The molecule has 1 aliphatic heterocycles. The highest BCUT2D eigenvalue weighted by Gasteiger charge is 2.30. The number of thiophene rings is 1. The summed E-state index contributed by atoms with van der Waals surface area (Å²) >= 11 is 1.74. The number of hydrogen-bond acceptors (Lipinski definition) is 4. The summed E-state index contributed by atoms with van der Waals surface area (Å²) in [5.74, 6) is 0.809. The fourth-order valence-electron chi connectivity index (χ4n) is 3.54. The standard InChI is InChI=1S/C21H26N2O2S/c24-21(19-4-2-1-3-5-19)23(13-17-6-7-17)15-20-14-22(9-10-25-20)12-18-8-11-26-16-18/h1-5,8,11,16-17,20H,6-7,9-10,12-15H2. The van der Waals surface area contributed by atoms with Crippen molar-refractivity contribution in [1.29, 1.82) is 0 Å². The lowest BCUT2D eigenvalue weighted by atomic mass is 10.1. The van der Waals surface area contributed by atoms with Gasteiger partial charge in [-0.25, -0.2) is 0 Å². The van der Waals surface area contributed by atoms with Crippen molar-refractivity contribution in [3.63, 3.8) is 0 Å². The Morgan fingerprint density at radius 3 is 2.77 bits per heavy atom. The molecule has 1 atom stereocenters. The maximum absolute atomic E-state index is 13.0. The summed E-state index contributed by atoms with van der Waals surface area (Å²) in [6, 6.07) is 11.8. The first-order chi connectivity index (χ1) is 12.8. The zero-order valence-corrected chi connectivity index (χ0v) is 15.9. The molecule has 5 heteroatoms. The summed E-state index contributed by atoms with van der Waals surface area (Å²) in [4.78, 5) is 17.4. The molecule has 1 saturated carbocycles. The summed E-state index contributed by atoms with van der Waals surface area (Å²) < 4.78 is 6.01. The molecule has 1 saturated heterocycles. The molecule has 0 spiro atoms. The first-order valence-corrected chi connectivity index (χ1v) is 10.4. The van der Waals surface area contributed by atoms with E-state index in [-0.39, 0.29) is 12.0 Å². The number of carbonyl (C=O) groups is 1. The third-order valence-electron chi connectivity index (χ3n) is 5.12. The number of ether oxygens (including phenoxy) is 1. The Bertz CT molecular complexity index is 700. The lowest BCUT2D eigenvalue weighted by Crippen LogP contribution is -2.48. The van der Waals surface area contributed by atoms with Crippen LogP contribution in [0.15, 0.2) is 47.2 Å². The molecular weight excluding hydrogens is 344 g/mol. The van der Waals surface area contributed by atoms with Gasteiger partial charge in [-0.2, -0.15) is 11.3 Å². The molecule has 2 aromatic rings. The minimum atomic E-state index is 0.0915. The van der Waals surface area contributed by atoms with E-state index >= 15 is 0 Å². The van der Waals surface area contributed by atoms with Crippen LogP contribution in [0.25, 0.3) is 0 Å². The minimum Gasteiger partial charge on any atom is -0.374 e. The SMILES string of the molecule is O=C(c1ccccc1)N(CC1CC1)CC1CN(Cc2ccsc2)CCO1. The molecule has 0 N–H and O–H groups in total. The van der Waals surface area contributed by atoms with Gasteiger partial charge >= 0.3 is 0 Å². The lowest BCUT2D eigenvalue weighted by Gasteiger charge is -2.35. The first-order valence-electron chi connectivity index (χ1n) is 9.47. The van der Waals surface area contributed by atoms with Crippen LogP contribution in [0.1, 0.15) is 28.8 Å². The number of rotatable bonds is 7. The van der Waals surface area contributed by atoms with Crippen molar-refractivity contribution in [2.45, 2.75) is 25.5 Å². The molecule has 1 amide bonds. The maximum atomic E-state index is 13.0. The Kier molecular flexibility index (Phi) is 5.68. The molecule has 2 aliphatic rings. The molecule has 138 valence electrons. The third kappa shape index (κ3) is 4.72. The Morgan fingerprint density at radius 2 is 2.04 bits per heavy atom. The second kappa shape index (κ2) is 8.33. The van der Waals surface area contributed by atoms with E-state index in [9.17, 15) is 4.79 Å². The van der Waals surface area contributed by atoms with Crippen molar-refractivity contribution in [1.82, 2.24) is 9.80 Å². The number of carbonyl (C=O) groups excluding carboxylic acids is 1. The van der Waals surface area contributed by atoms with Crippen molar-refractivity contribution in [2.75, 3.05) is 32.8 Å². The monoisotopic (exact) mass is 370 g/mol. The van der Waals surface area contributed by atoms with Crippen molar-refractivity contribution < 1.29 is 9.53 Å². The predicted octanol–water partition coefficient (Wildman–Crippen LogP) is 3.50. The number of benzene rings is 1. The van der Waals surface area contributed by atoms with E-state index in [1.165, 1.54) is 18.4 Å². The van der Waals surface area contributed by atoms with Crippen LogP contribution >= 0.6 is 11.3 Å². The molecule has 1 aromatic carbocycles. The van der Waals surface area contributed by atoms with E-state index in [1.54, 1.807) is 11.3 Å². The first kappa shape index (κ1) is 17.7. The minimum absolute atomic E-state index is 0.0915. The topological polar surface area (TPSA) is 32.8 Å². The molecule has 1 aromatic heterocycles. The largest absolute Gasteiger partial charge is 0.374 e. The van der Waals surface area contributed by atoms with Gasteiger partial charge in [0.1, 0.15) is 0 Å². The summed E-state index contributed by atoms with van der Waals surface area (Å²) in [5.41, 5.74) is 2.14. The van der Waals surface area contributed by atoms with Gasteiger partial charge in [0.25, 0.3) is 5.91 Å². The van der Waals surface area contributed by atoms with Gasteiger partial charge in [0.15, 0.2) is 0 Å². The number of nitrogens with zero attached hydrogens (tertiary/aromatic N) is 2. The Hall–Kier alpha value is -1.69. The van der Waals surface area contributed by atoms with Gasteiger partial charge in [-0.15, -0.1) is 0 Å². The number of morpholine rings is 1. The molecule has 2 heterocycles. The van der Waals surface area contributed by atoms with Gasteiger partial charge in [0.05, 0.1) is 12.7 Å². The zero-order chi connectivity index (χ0) is 17.8. The van der Waals surface area contributed by atoms with Gasteiger partial charge in [-0.1, -0.05) is 18.2 Å². The van der Waals surface area contributed by atoms with Crippen LogP contribution in [0.3, 0.4) is 0 Å².